The molecule has 0 heterocycles. The standard InChI is InChI=1S/C60H62N4O14/c1-5-33(6-2)34-9-19-41(20-10-34)77-42-21-15-39(16-22-42)63-55(67)49-31-50(52(60(75)76)32-51(49)59(73)74)56(68)64-40-17-25-44(26-18-40)78-43-23-13-38(14-24-43)62-54(66)48-30-36(12-28-46(48)58(71)72)35-11-27-45(57(69)70)47(29-35)53(65)61-37(7-3)8-4/h9,11-13,15,17,19,21,23,25,27-33,37H,5-8,10,14,16,18,20,22,24,26H2,1-4H3,(H,61,65)(H,62,66)(H,63,67)(H,64,68)(H,69,70)(H,71,72)(H,73,74)(H,75,76). The molecule has 4 aliphatic carbocycles. The lowest BCUT2D eigenvalue weighted by Gasteiger charge is -2.23. The van der Waals surface area contributed by atoms with Crippen LogP contribution in [0.5, 0.6) is 0 Å². The predicted molar refractivity (Wildman–Crippen MR) is 288 cm³/mol. The second-order valence-corrected chi connectivity index (χ2v) is 19.1. The first-order chi connectivity index (χ1) is 37.4. The van der Waals surface area contributed by atoms with Gasteiger partial charge in [-0.15, -0.1) is 0 Å². The molecule has 0 saturated carbocycles. The van der Waals surface area contributed by atoms with Crippen molar-refractivity contribution in [3.8, 4) is 11.1 Å². The molecule has 0 aliphatic heterocycles. The minimum atomic E-state index is -1.57. The third-order valence-electron chi connectivity index (χ3n) is 14.1. The maximum atomic E-state index is 13.7. The van der Waals surface area contributed by atoms with E-state index in [9.17, 15) is 58.8 Å². The maximum absolute atomic E-state index is 13.7. The molecule has 0 spiro atoms. The Morgan fingerprint density at radius 3 is 1.06 bits per heavy atom. The van der Waals surface area contributed by atoms with Gasteiger partial charge in [0.05, 0.1) is 44.5 Å². The van der Waals surface area contributed by atoms with Crippen LogP contribution >= 0.6 is 0 Å². The van der Waals surface area contributed by atoms with Crippen LogP contribution in [0, 0.1) is 5.92 Å². The second-order valence-electron chi connectivity index (χ2n) is 19.1. The van der Waals surface area contributed by atoms with Crippen LogP contribution in [-0.2, 0) is 9.47 Å². The Bertz CT molecular complexity index is 3230. The van der Waals surface area contributed by atoms with Crippen LogP contribution < -0.4 is 21.3 Å². The van der Waals surface area contributed by atoms with Crippen molar-refractivity contribution in [3.05, 3.63) is 187 Å². The Balaban J connectivity index is 0.994. The topological polar surface area (TPSA) is 284 Å². The Morgan fingerprint density at radius 1 is 0.397 bits per heavy atom. The molecule has 18 heteroatoms. The SMILES string of the molecule is CCC(CC)NC(=O)c1cc(-c2ccc(C(=O)O)c(C(=O)NC3=CC=C(OC4=CC=C(NC(=O)c5cc(C(=O)NC6=CC=C(OC7=CC=C(C(CC)CC)CC7)CC6)c(C(=O)O)cc5C(=O)O)CC4)CC3)c2)ccc1C(=O)O. The largest absolute Gasteiger partial charge is 0.478 e. The number of carboxylic acids is 4. The molecular weight excluding hydrogens is 1000 g/mol. The van der Waals surface area contributed by atoms with Crippen molar-refractivity contribution < 1.29 is 68.3 Å². The van der Waals surface area contributed by atoms with Crippen LogP contribution in [0.15, 0.2) is 143 Å². The highest BCUT2D eigenvalue weighted by Gasteiger charge is 2.28. The second kappa shape index (κ2) is 25.7. The molecule has 0 fully saturated rings. The lowest BCUT2D eigenvalue weighted by atomic mass is 9.88. The number of hydrogen-bond acceptors (Lipinski definition) is 10. The molecule has 0 atom stereocenters. The van der Waals surface area contributed by atoms with Gasteiger partial charge in [0, 0.05) is 48.8 Å². The number of carbonyl (C=O) groups excluding carboxylic acids is 4. The van der Waals surface area contributed by atoms with E-state index in [2.05, 4.69) is 41.2 Å². The molecule has 0 bridgehead atoms. The first-order valence-electron chi connectivity index (χ1n) is 26.0. The predicted octanol–water partition coefficient (Wildman–Crippen LogP) is 10.7. The average molecular weight is 1060 g/mol. The molecule has 406 valence electrons. The zero-order valence-corrected chi connectivity index (χ0v) is 43.7. The van der Waals surface area contributed by atoms with E-state index >= 15 is 0 Å². The Hall–Kier alpha value is -9.06. The van der Waals surface area contributed by atoms with Gasteiger partial charge < -0.3 is 51.2 Å². The molecule has 3 aromatic carbocycles. The Morgan fingerprint density at radius 2 is 0.744 bits per heavy atom. The molecule has 0 saturated heterocycles. The number of carboxylic acid groups (broad SMARTS) is 4. The van der Waals surface area contributed by atoms with E-state index in [0.717, 1.165) is 43.6 Å². The van der Waals surface area contributed by atoms with Gasteiger partial charge in [0.2, 0.25) is 0 Å². The fourth-order valence-electron chi connectivity index (χ4n) is 9.55. The number of ether oxygens (including phenoxy) is 2. The van der Waals surface area contributed by atoms with Crippen LogP contribution in [0.4, 0.5) is 0 Å². The number of nitrogens with one attached hydrogen (secondary N) is 4. The van der Waals surface area contributed by atoms with E-state index in [4.69, 9.17) is 9.47 Å². The fourth-order valence-corrected chi connectivity index (χ4v) is 9.55. The molecule has 78 heavy (non-hydrogen) atoms. The number of rotatable bonds is 22. The third kappa shape index (κ3) is 13.9. The highest BCUT2D eigenvalue weighted by molar-refractivity contribution is 6.12. The first-order valence-corrected chi connectivity index (χ1v) is 26.0. The van der Waals surface area contributed by atoms with Crippen molar-refractivity contribution >= 4 is 47.5 Å². The van der Waals surface area contributed by atoms with Crippen molar-refractivity contribution in [2.45, 2.75) is 111 Å². The summed E-state index contributed by atoms with van der Waals surface area (Å²) in [4.78, 5) is 103. The lowest BCUT2D eigenvalue weighted by Crippen LogP contribution is -2.34. The van der Waals surface area contributed by atoms with Crippen LogP contribution in [-0.4, -0.2) is 74.0 Å². The summed E-state index contributed by atoms with van der Waals surface area (Å²) in [7, 11) is 0. The summed E-state index contributed by atoms with van der Waals surface area (Å²) >= 11 is 0. The number of aromatic carboxylic acids is 4. The van der Waals surface area contributed by atoms with E-state index in [1.807, 2.05) is 19.9 Å². The normalized spacial score (nSPS) is 15.2. The third-order valence-corrected chi connectivity index (χ3v) is 14.1. The maximum Gasteiger partial charge on any atom is 0.336 e. The molecule has 0 radical (unpaired) electrons. The first kappa shape index (κ1) is 56.7. The van der Waals surface area contributed by atoms with Gasteiger partial charge in [-0.3, -0.25) is 19.2 Å². The Labute approximate surface area is 450 Å². The molecule has 18 nitrogen and oxygen atoms in total. The number of allylic oxidation sites excluding steroid dienone is 16. The van der Waals surface area contributed by atoms with E-state index in [-0.39, 0.29) is 34.7 Å². The zero-order valence-electron chi connectivity index (χ0n) is 43.7. The van der Waals surface area contributed by atoms with E-state index in [1.165, 1.54) is 42.0 Å². The van der Waals surface area contributed by atoms with E-state index in [0.29, 0.717) is 96.4 Å². The van der Waals surface area contributed by atoms with E-state index in [1.54, 1.807) is 36.5 Å². The quantitative estimate of drug-likeness (QED) is 0.0465. The van der Waals surface area contributed by atoms with Crippen LogP contribution in [0.3, 0.4) is 0 Å². The smallest absolute Gasteiger partial charge is 0.336 e. The van der Waals surface area contributed by atoms with Crippen molar-refractivity contribution in [1.82, 2.24) is 21.3 Å². The van der Waals surface area contributed by atoms with Crippen molar-refractivity contribution in [2.24, 2.45) is 5.92 Å². The lowest BCUT2D eigenvalue weighted by molar-refractivity contribution is 0.0676. The molecule has 4 amide bonds. The van der Waals surface area contributed by atoms with Gasteiger partial charge in [-0.1, -0.05) is 51.5 Å². The molecule has 8 N–H and O–H groups in total. The number of carbonyl (C=O) groups is 8. The fraction of sp³-hybridized carbons (Fsp3) is 0.300. The monoisotopic (exact) mass is 1060 g/mol. The van der Waals surface area contributed by atoms with Gasteiger partial charge in [-0.2, -0.15) is 0 Å². The minimum Gasteiger partial charge on any atom is -0.478 e. The van der Waals surface area contributed by atoms with Gasteiger partial charge in [0.15, 0.2) is 0 Å². The molecule has 0 aromatic heterocycles. The summed E-state index contributed by atoms with van der Waals surface area (Å²) in [5.74, 6) is -5.56. The molecule has 7 rings (SSSR count). The average Bonchev–Trinajstić information content (AvgIpc) is 3.50. The number of amides is 4. The van der Waals surface area contributed by atoms with Crippen LogP contribution in [0.25, 0.3) is 11.1 Å². The summed E-state index contributed by atoms with van der Waals surface area (Å²) in [5, 5.41) is 50.9. The molecule has 3 aromatic rings. The molecule has 0 unspecified atom stereocenters. The highest BCUT2D eigenvalue weighted by Crippen LogP contribution is 2.33. The van der Waals surface area contributed by atoms with Crippen LogP contribution in [0.2, 0.25) is 0 Å². The molecular formula is C60H62N4O14. The molecule has 4 aliphatic rings. The number of hydrogen-bond donors (Lipinski definition) is 8. The summed E-state index contributed by atoms with van der Waals surface area (Å²) in [6.45, 7) is 8.17. The zero-order chi connectivity index (χ0) is 56.2. The Kier molecular flexibility index (Phi) is 18.6. The van der Waals surface area contributed by atoms with Gasteiger partial charge in [-0.25, -0.2) is 19.2 Å². The van der Waals surface area contributed by atoms with Crippen molar-refractivity contribution in [3.63, 3.8) is 0 Å². The number of benzene rings is 3. The summed E-state index contributed by atoms with van der Waals surface area (Å²) in [5.41, 5.74) is 0.766. The van der Waals surface area contributed by atoms with E-state index < -0.39 is 69.8 Å². The highest BCUT2D eigenvalue weighted by atomic mass is 16.5. The summed E-state index contributed by atoms with van der Waals surface area (Å²) < 4.78 is 12.3. The van der Waals surface area contributed by atoms with Crippen molar-refractivity contribution in [1.29, 1.82) is 0 Å². The van der Waals surface area contributed by atoms with Gasteiger partial charge in [0.25, 0.3) is 23.6 Å². The summed E-state index contributed by atoms with van der Waals surface area (Å²) in [6.07, 6.45) is 21.3. The van der Waals surface area contributed by atoms with Crippen LogP contribution in [0.1, 0.15) is 188 Å². The van der Waals surface area contributed by atoms with Gasteiger partial charge in [0.1, 0.15) is 23.0 Å². The summed E-state index contributed by atoms with van der Waals surface area (Å²) in [6, 6.07) is 9.88. The minimum absolute atomic E-state index is 0.0799. The van der Waals surface area contributed by atoms with Crippen molar-refractivity contribution in [2.75, 3.05) is 0 Å². The van der Waals surface area contributed by atoms with Gasteiger partial charge >= 0.3 is 23.9 Å². The van der Waals surface area contributed by atoms with Gasteiger partial charge in [-0.05, 0) is 147 Å².